The molecule has 0 bridgehead atoms. The Balaban J connectivity index is 1.43. The van der Waals surface area contributed by atoms with Crippen molar-refractivity contribution in [3.63, 3.8) is 0 Å². The molecule has 2 heterocycles. The molecule has 0 unspecified atom stereocenters. The zero-order chi connectivity index (χ0) is 18.0. The van der Waals surface area contributed by atoms with Gasteiger partial charge in [-0.2, -0.15) is 10.1 Å². The number of aromatic nitrogens is 4. The van der Waals surface area contributed by atoms with Crippen LogP contribution in [0.3, 0.4) is 0 Å². The molecule has 0 radical (unpaired) electrons. The van der Waals surface area contributed by atoms with Crippen LogP contribution in [0.1, 0.15) is 5.69 Å². The van der Waals surface area contributed by atoms with E-state index in [1.807, 2.05) is 42.5 Å². The maximum atomic E-state index is 5.66. The van der Waals surface area contributed by atoms with Crippen molar-refractivity contribution in [2.24, 2.45) is 0 Å². The minimum absolute atomic E-state index is 0.441. The average Bonchev–Trinajstić information content (AvgIpc) is 2.71. The summed E-state index contributed by atoms with van der Waals surface area (Å²) in [6.07, 6.45) is 3.32. The number of rotatable bonds is 9. The summed E-state index contributed by atoms with van der Waals surface area (Å²) in [4.78, 5) is 8.60. The molecule has 0 saturated carbocycles. The predicted octanol–water partition coefficient (Wildman–Crippen LogP) is 2.38. The molecule has 3 aromatic rings. The average molecular weight is 352 g/mol. The minimum atomic E-state index is 0.441. The molecule has 0 fully saturated rings. The third kappa shape index (κ3) is 5.30. The van der Waals surface area contributed by atoms with E-state index >= 15 is 0 Å². The lowest BCUT2D eigenvalue weighted by Crippen LogP contribution is -2.14. The molecule has 2 aromatic heterocycles. The summed E-state index contributed by atoms with van der Waals surface area (Å²) in [5.74, 6) is 2.65. The van der Waals surface area contributed by atoms with Crippen molar-refractivity contribution in [1.82, 2.24) is 20.2 Å². The zero-order valence-corrected chi connectivity index (χ0v) is 14.4. The quantitative estimate of drug-likeness (QED) is 0.567. The molecule has 3 rings (SSSR count). The van der Waals surface area contributed by atoms with Gasteiger partial charge in [-0.25, -0.2) is 0 Å². The molecule has 134 valence electrons. The summed E-state index contributed by atoms with van der Waals surface area (Å²) in [7, 11) is 1.63. The van der Waals surface area contributed by atoms with E-state index in [0.717, 1.165) is 17.2 Å². The first-order valence-electron chi connectivity index (χ1n) is 8.18. The first-order valence-corrected chi connectivity index (χ1v) is 8.18. The second-order valence-electron chi connectivity index (χ2n) is 5.29. The molecule has 0 atom stereocenters. The van der Waals surface area contributed by atoms with Crippen LogP contribution in [0.2, 0.25) is 0 Å². The van der Waals surface area contributed by atoms with Crippen molar-refractivity contribution < 1.29 is 9.47 Å². The number of hydrogen-bond acceptors (Lipinski definition) is 8. The van der Waals surface area contributed by atoms with E-state index in [0.29, 0.717) is 31.5 Å². The number of pyridine rings is 1. The molecule has 0 aliphatic heterocycles. The smallest absolute Gasteiger partial charge is 0.245 e. The number of anilines is 2. The highest BCUT2D eigenvalue weighted by Gasteiger charge is 2.01. The Morgan fingerprint density at radius 1 is 1.00 bits per heavy atom. The fraction of sp³-hybridized carbons (Fsp3) is 0.222. The van der Waals surface area contributed by atoms with Gasteiger partial charge in [0.2, 0.25) is 5.95 Å². The van der Waals surface area contributed by atoms with Gasteiger partial charge in [0.15, 0.2) is 5.82 Å². The third-order valence-electron chi connectivity index (χ3n) is 3.45. The van der Waals surface area contributed by atoms with E-state index < -0.39 is 0 Å². The summed E-state index contributed by atoms with van der Waals surface area (Å²) in [5, 5.41) is 14.2. The van der Waals surface area contributed by atoms with E-state index in [1.165, 1.54) is 0 Å². The molecule has 8 nitrogen and oxygen atoms in total. The second-order valence-corrected chi connectivity index (χ2v) is 5.29. The van der Waals surface area contributed by atoms with Gasteiger partial charge in [0.1, 0.15) is 18.1 Å². The van der Waals surface area contributed by atoms with Gasteiger partial charge < -0.3 is 20.1 Å². The van der Waals surface area contributed by atoms with Crippen LogP contribution in [-0.2, 0) is 6.54 Å². The molecule has 2 N–H and O–H groups in total. The van der Waals surface area contributed by atoms with Crippen molar-refractivity contribution in [1.29, 1.82) is 0 Å². The third-order valence-corrected chi connectivity index (χ3v) is 3.45. The van der Waals surface area contributed by atoms with Crippen molar-refractivity contribution in [2.45, 2.75) is 6.54 Å². The number of nitrogens with zero attached hydrogens (tertiary/aromatic N) is 4. The summed E-state index contributed by atoms with van der Waals surface area (Å²) in [6.45, 7) is 1.62. The maximum Gasteiger partial charge on any atom is 0.245 e. The van der Waals surface area contributed by atoms with Gasteiger partial charge in [0.05, 0.1) is 32.1 Å². The van der Waals surface area contributed by atoms with E-state index in [-0.39, 0.29) is 0 Å². The molecule has 8 heteroatoms. The van der Waals surface area contributed by atoms with Gasteiger partial charge in [0, 0.05) is 6.20 Å². The van der Waals surface area contributed by atoms with Gasteiger partial charge in [-0.15, -0.1) is 5.10 Å². The number of benzene rings is 1. The lowest BCUT2D eigenvalue weighted by atomic mass is 10.3. The molecule has 0 aliphatic rings. The lowest BCUT2D eigenvalue weighted by molar-refractivity contribution is 0.331. The number of methoxy groups -OCH3 is 1. The standard InChI is InChI=1S/C18H20N6O2/c1-25-15-5-7-16(8-6-15)26-11-10-20-17-13-22-24-18(23-17)21-12-14-4-2-3-9-19-14/h2-9,13H,10-12H2,1H3,(H2,20,21,23,24). The number of nitrogens with one attached hydrogen (secondary N) is 2. The highest BCUT2D eigenvalue weighted by molar-refractivity contribution is 5.37. The Kier molecular flexibility index (Phi) is 6.13. The van der Waals surface area contributed by atoms with Crippen LogP contribution in [0.25, 0.3) is 0 Å². The first kappa shape index (κ1) is 17.4. The Hall–Kier alpha value is -3.42. The van der Waals surface area contributed by atoms with Gasteiger partial charge in [-0.05, 0) is 36.4 Å². The fourth-order valence-corrected chi connectivity index (χ4v) is 2.16. The van der Waals surface area contributed by atoms with Gasteiger partial charge in [0.25, 0.3) is 0 Å². The summed E-state index contributed by atoms with van der Waals surface area (Å²) < 4.78 is 10.8. The predicted molar refractivity (Wildman–Crippen MR) is 98.4 cm³/mol. The van der Waals surface area contributed by atoms with Gasteiger partial charge >= 0.3 is 0 Å². The zero-order valence-electron chi connectivity index (χ0n) is 14.4. The fourth-order valence-electron chi connectivity index (χ4n) is 2.16. The Morgan fingerprint density at radius 3 is 2.62 bits per heavy atom. The maximum absolute atomic E-state index is 5.66. The molecular weight excluding hydrogens is 332 g/mol. The van der Waals surface area contributed by atoms with Crippen molar-refractivity contribution >= 4 is 11.8 Å². The Labute approximate surface area is 151 Å². The molecular formula is C18H20N6O2. The number of hydrogen-bond donors (Lipinski definition) is 2. The minimum Gasteiger partial charge on any atom is -0.497 e. The van der Waals surface area contributed by atoms with Crippen LogP contribution in [0.4, 0.5) is 11.8 Å². The van der Waals surface area contributed by atoms with Crippen molar-refractivity contribution in [2.75, 3.05) is 30.9 Å². The van der Waals surface area contributed by atoms with E-state index in [9.17, 15) is 0 Å². The van der Waals surface area contributed by atoms with Crippen LogP contribution in [0.5, 0.6) is 11.5 Å². The van der Waals surface area contributed by atoms with E-state index in [4.69, 9.17) is 9.47 Å². The van der Waals surface area contributed by atoms with E-state index in [2.05, 4.69) is 30.8 Å². The van der Waals surface area contributed by atoms with Crippen molar-refractivity contribution in [3.05, 3.63) is 60.6 Å². The summed E-state index contributed by atoms with van der Waals surface area (Å²) in [5.41, 5.74) is 0.905. The molecule has 1 aromatic carbocycles. The molecule has 0 aliphatic carbocycles. The van der Waals surface area contributed by atoms with Crippen LogP contribution in [-0.4, -0.2) is 40.4 Å². The monoisotopic (exact) mass is 352 g/mol. The number of ether oxygens (including phenoxy) is 2. The van der Waals surface area contributed by atoms with Crippen LogP contribution in [0.15, 0.2) is 54.9 Å². The molecule has 26 heavy (non-hydrogen) atoms. The largest absolute Gasteiger partial charge is 0.497 e. The van der Waals surface area contributed by atoms with Gasteiger partial charge in [-0.3, -0.25) is 4.98 Å². The normalized spacial score (nSPS) is 10.2. The van der Waals surface area contributed by atoms with E-state index in [1.54, 1.807) is 19.5 Å². The summed E-state index contributed by atoms with van der Waals surface area (Å²) in [6, 6.07) is 13.2. The first-order chi connectivity index (χ1) is 12.8. The SMILES string of the molecule is COc1ccc(OCCNc2cnnc(NCc3ccccn3)n2)cc1. The van der Waals surface area contributed by atoms with Crippen LogP contribution < -0.4 is 20.1 Å². The molecule has 0 spiro atoms. The summed E-state index contributed by atoms with van der Waals surface area (Å²) >= 11 is 0. The highest BCUT2D eigenvalue weighted by atomic mass is 16.5. The van der Waals surface area contributed by atoms with Crippen LogP contribution >= 0.6 is 0 Å². The van der Waals surface area contributed by atoms with Crippen LogP contribution in [0, 0.1) is 0 Å². The second kappa shape index (κ2) is 9.16. The molecule has 0 amide bonds. The molecule has 0 saturated heterocycles. The highest BCUT2D eigenvalue weighted by Crippen LogP contribution is 2.16. The van der Waals surface area contributed by atoms with Gasteiger partial charge in [-0.1, -0.05) is 6.07 Å². The lowest BCUT2D eigenvalue weighted by Gasteiger charge is -2.09. The Morgan fingerprint density at radius 2 is 1.85 bits per heavy atom. The Bertz CT molecular complexity index is 798. The van der Waals surface area contributed by atoms with Crippen molar-refractivity contribution in [3.8, 4) is 11.5 Å². The topological polar surface area (TPSA) is 94.1 Å².